The summed E-state index contributed by atoms with van der Waals surface area (Å²) >= 11 is 0. The molecule has 0 spiro atoms. The summed E-state index contributed by atoms with van der Waals surface area (Å²) in [4.78, 5) is 60.2. The van der Waals surface area contributed by atoms with Gasteiger partial charge in [-0.2, -0.15) is 0 Å². The summed E-state index contributed by atoms with van der Waals surface area (Å²) < 4.78 is 4.81. The van der Waals surface area contributed by atoms with E-state index in [2.05, 4.69) is 5.32 Å². The highest BCUT2D eigenvalue weighted by Crippen LogP contribution is 2.24. The number of esters is 1. The highest BCUT2D eigenvalue weighted by Gasteiger charge is 2.35. The Hall–Kier alpha value is -3.23. The van der Waals surface area contributed by atoms with Crippen LogP contribution >= 0.6 is 0 Å². The Kier molecular flexibility index (Phi) is 6.05. The summed E-state index contributed by atoms with van der Waals surface area (Å²) in [6.45, 7) is 1.62. The van der Waals surface area contributed by atoms with Crippen LogP contribution in [-0.2, 0) is 9.53 Å². The maximum Gasteiger partial charge on any atom is 0.338 e. The molecule has 1 aliphatic rings. The van der Waals surface area contributed by atoms with Crippen molar-refractivity contribution in [1.82, 2.24) is 15.5 Å². The summed E-state index contributed by atoms with van der Waals surface area (Å²) in [7, 11) is 1.33. The Morgan fingerprint density at radius 2 is 1.81 bits per heavy atom. The minimum Gasteiger partial charge on any atom is -0.452 e. The van der Waals surface area contributed by atoms with Crippen LogP contribution in [0, 0.1) is 0 Å². The van der Waals surface area contributed by atoms with Crippen molar-refractivity contribution in [3.05, 3.63) is 34.9 Å². The third-order valence-electron chi connectivity index (χ3n) is 3.76. The summed E-state index contributed by atoms with van der Waals surface area (Å²) in [5.74, 6) is -2.48. The highest BCUT2D eigenvalue weighted by molar-refractivity contribution is 6.22. The van der Waals surface area contributed by atoms with E-state index in [1.165, 1.54) is 25.2 Å². The molecule has 1 aromatic carbocycles. The molecule has 9 heteroatoms. The van der Waals surface area contributed by atoms with Gasteiger partial charge in [-0.25, -0.2) is 9.59 Å². The topological polar surface area (TPSA) is 122 Å². The molecule has 2 rings (SSSR count). The number of hydrogen-bond donors (Lipinski definition) is 2. The van der Waals surface area contributed by atoms with Crippen molar-refractivity contribution in [1.29, 1.82) is 0 Å². The average Bonchev–Trinajstić information content (AvgIpc) is 2.88. The monoisotopic (exact) mass is 361 g/mol. The molecule has 0 aromatic heterocycles. The number of imide groups is 2. The van der Waals surface area contributed by atoms with Gasteiger partial charge in [0.05, 0.1) is 16.7 Å². The second-order valence-corrected chi connectivity index (χ2v) is 5.58. The van der Waals surface area contributed by atoms with E-state index in [1.807, 2.05) is 12.2 Å². The van der Waals surface area contributed by atoms with Crippen LogP contribution in [0.25, 0.3) is 0 Å². The number of carbonyl (C=O) groups is 5. The lowest BCUT2D eigenvalue weighted by Crippen LogP contribution is -2.39. The maximum absolute atomic E-state index is 12.4. The van der Waals surface area contributed by atoms with E-state index in [-0.39, 0.29) is 22.6 Å². The number of carbonyl (C=O) groups excluding carboxylic acids is 5. The third-order valence-corrected chi connectivity index (χ3v) is 3.76. The fraction of sp³-hybridized carbons (Fsp3) is 0.353. The van der Waals surface area contributed by atoms with Gasteiger partial charge in [0.1, 0.15) is 0 Å². The number of benzene rings is 1. The van der Waals surface area contributed by atoms with Gasteiger partial charge in [0.15, 0.2) is 6.61 Å². The number of ether oxygens (including phenoxy) is 1. The second-order valence-electron chi connectivity index (χ2n) is 5.58. The molecule has 0 atom stereocenters. The van der Waals surface area contributed by atoms with E-state index in [9.17, 15) is 24.0 Å². The fourth-order valence-electron chi connectivity index (χ4n) is 2.38. The molecule has 0 saturated carbocycles. The van der Waals surface area contributed by atoms with Crippen LogP contribution in [0.2, 0.25) is 0 Å². The number of nitrogens with zero attached hydrogens (tertiary/aromatic N) is 1. The van der Waals surface area contributed by atoms with Gasteiger partial charge >= 0.3 is 12.0 Å². The van der Waals surface area contributed by atoms with Crippen molar-refractivity contribution >= 4 is 29.7 Å². The van der Waals surface area contributed by atoms with Crippen molar-refractivity contribution in [3.63, 3.8) is 0 Å². The number of nitrogens with one attached hydrogen (secondary N) is 2. The zero-order valence-corrected chi connectivity index (χ0v) is 14.5. The Bertz CT molecular complexity index is 774. The molecule has 1 aliphatic heterocycles. The molecule has 0 radical (unpaired) electrons. The molecule has 0 unspecified atom stereocenters. The predicted octanol–water partition coefficient (Wildman–Crippen LogP) is 0.695. The van der Waals surface area contributed by atoms with Gasteiger partial charge < -0.3 is 10.1 Å². The first-order valence-corrected chi connectivity index (χ1v) is 8.08. The predicted molar refractivity (Wildman–Crippen MR) is 89.6 cm³/mol. The second kappa shape index (κ2) is 8.24. The molecule has 26 heavy (non-hydrogen) atoms. The first kappa shape index (κ1) is 19.1. The molecule has 0 aliphatic carbocycles. The standard InChI is InChI=1S/C17H19N3O6/c1-3-4-7-20-14(22)11-6-5-10(8-12(11)15(20)23)16(24)26-9-13(21)19-17(25)18-2/h5-6,8H,3-4,7,9H2,1-2H3,(H2,18,19,21,25). The number of amides is 5. The van der Waals surface area contributed by atoms with E-state index in [0.29, 0.717) is 13.0 Å². The highest BCUT2D eigenvalue weighted by atomic mass is 16.5. The van der Waals surface area contributed by atoms with Crippen molar-refractivity contribution < 1.29 is 28.7 Å². The maximum atomic E-state index is 12.4. The van der Waals surface area contributed by atoms with Crippen molar-refractivity contribution in [2.45, 2.75) is 19.8 Å². The summed E-state index contributed by atoms with van der Waals surface area (Å²) in [5, 5.41) is 4.13. The van der Waals surface area contributed by atoms with Gasteiger partial charge in [0.2, 0.25) is 0 Å². The SMILES string of the molecule is CCCCN1C(=O)c2ccc(C(=O)OCC(=O)NC(=O)NC)cc2C1=O. The van der Waals surface area contributed by atoms with Gasteiger partial charge in [0, 0.05) is 13.6 Å². The van der Waals surface area contributed by atoms with Gasteiger partial charge in [-0.15, -0.1) is 0 Å². The van der Waals surface area contributed by atoms with E-state index >= 15 is 0 Å². The smallest absolute Gasteiger partial charge is 0.338 e. The summed E-state index contributed by atoms with van der Waals surface area (Å²) in [5.41, 5.74) is 0.408. The molecule has 0 fully saturated rings. The van der Waals surface area contributed by atoms with Crippen LogP contribution in [0.15, 0.2) is 18.2 Å². The van der Waals surface area contributed by atoms with Crippen molar-refractivity contribution in [3.8, 4) is 0 Å². The zero-order chi connectivity index (χ0) is 19.3. The van der Waals surface area contributed by atoms with Crippen molar-refractivity contribution in [2.24, 2.45) is 0 Å². The van der Waals surface area contributed by atoms with Crippen LogP contribution in [-0.4, -0.2) is 54.8 Å². The molecule has 2 N–H and O–H groups in total. The zero-order valence-electron chi connectivity index (χ0n) is 14.5. The molecule has 1 heterocycles. The molecule has 9 nitrogen and oxygen atoms in total. The van der Waals surface area contributed by atoms with E-state index in [0.717, 1.165) is 11.3 Å². The first-order chi connectivity index (χ1) is 12.4. The number of unbranched alkanes of at least 4 members (excludes halogenated alkanes) is 1. The molecular weight excluding hydrogens is 342 g/mol. The van der Waals surface area contributed by atoms with Crippen LogP contribution in [0.5, 0.6) is 0 Å². The van der Waals surface area contributed by atoms with Crippen LogP contribution in [0.1, 0.15) is 50.8 Å². The average molecular weight is 361 g/mol. The minimum atomic E-state index is -0.841. The summed E-state index contributed by atoms with van der Waals surface area (Å²) in [6, 6.07) is 3.30. The normalized spacial score (nSPS) is 12.6. The van der Waals surface area contributed by atoms with Gasteiger partial charge in [-0.3, -0.25) is 24.6 Å². The van der Waals surface area contributed by atoms with E-state index in [1.54, 1.807) is 0 Å². The van der Waals surface area contributed by atoms with E-state index in [4.69, 9.17) is 4.74 Å². The van der Waals surface area contributed by atoms with Crippen LogP contribution in [0.4, 0.5) is 4.79 Å². The molecule has 0 bridgehead atoms. The number of fused-ring (bicyclic) bond motifs is 1. The van der Waals surface area contributed by atoms with Crippen LogP contribution < -0.4 is 10.6 Å². The van der Waals surface area contributed by atoms with Gasteiger partial charge in [-0.05, 0) is 24.6 Å². The van der Waals surface area contributed by atoms with Gasteiger partial charge in [0.25, 0.3) is 17.7 Å². The molecule has 5 amide bonds. The Morgan fingerprint density at radius 1 is 1.12 bits per heavy atom. The lowest BCUT2D eigenvalue weighted by atomic mass is 10.1. The Labute approximate surface area is 149 Å². The molecular formula is C17H19N3O6. The first-order valence-electron chi connectivity index (χ1n) is 8.08. The Balaban J connectivity index is 2.05. The lowest BCUT2D eigenvalue weighted by molar-refractivity contribution is -0.123. The van der Waals surface area contributed by atoms with Crippen LogP contribution in [0.3, 0.4) is 0 Å². The minimum absolute atomic E-state index is 0.0370. The molecule has 138 valence electrons. The fourth-order valence-corrected chi connectivity index (χ4v) is 2.38. The third kappa shape index (κ3) is 4.05. The molecule has 1 aromatic rings. The number of urea groups is 1. The summed E-state index contributed by atoms with van der Waals surface area (Å²) in [6.07, 6.45) is 1.53. The Morgan fingerprint density at radius 3 is 2.46 bits per heavy atom. The molecule has 0 saturated heterocycles. The van der Waals surface area contributed by atoms with Crippen molar-refractivity contribution in [2.75, 3.05) is 20.2 Å². The largest absolute Gasteiger partial charge is 0.452 e. The number of hydrogen-bond acceptors (Lipinski definition) is 6. The van der Waals surface area contributed by atoms with Gasteiger partial charge in [-0.1, -0.05) is 13.3 Å². The quantitative estimate of drug-likeness (QED) is 0.568. The number of rotatable bonds is 6. The van der Waals surface area contributed by atoms with E-state index < -0.39 is 30.4 Å². The lowest BCUT2D eigenvalue weighted by Gasteiger charge is -2.12.